The summed E-state index contributed by atoms with van der Waals surface area (Å²) in [6.45, 7) is 6.13. The first-order valence-corrected chi connectivity index (χ1v) is 7.06. The molecule has 1 N–H and O–H groups in total. The third-order valence-corrected chi connectivity index (χ3v) is 3.45. The van der Waals surface area contributed by atoms with E-state index in [0.717, 1.165) is 16.7 Å². The number of ether oxygens (including phenoxy) is 1. The second kappa shape index (κ2) is 6.89. The van der Waals surface area contributed by atoms with E-state index in [9.17, 15) is 4.79 Å². The van der Waals surface area contributed by atoms with Crippen LogP contribution in [0.3, 0.4) is 0 Å². The zero-order valence-corrected chi connectivity index (χ0v) is 13.3. The summed E-state index contributed by atoms with van der Waals surface area (Å²) in [5, 5.41) is 4.06. The van der Waals surface area contributed by atoms with Crippen molar-refractivity contribution in [1.29, 1.82) is 0 Å². The fourth-order valence-electron chi connectivity index (χ4n) is 2.36. The molecule has 0 spiro atoms. The molecule has 1 amide bonds. The number of aryl methyl sites for hydroxylation is 3. The number of benzene rings is 2. The Bertz CT molecular complexity index is 681. The van der Waals surface area contributed by atoms with Gasteiger partial charge in [-0.1, -0.05) is 17.7 Å². The minimum atomic E-state index is -0.249. The molecule has 4 nitrogen and oxygen atoms in total. The number of carbonyl (C=O) groups excluding carboxylic acids is 1. The van der Waals surface area contributed by atoms with Crippen LogP contribution in [0.25, 0.3) is 0 Å². The Kier molecular flexibility index (Phi) is 4.94. The Hall–Kier alpha value is -2.62. The largest absolute Gasteiger partial charge is 0.497 e. The molecule has 0 saturated heterocycles. The molecule has 0 radical (unpaired) electrons. The first-order chi connectivity index (χ1) is 10.5. The van der Waals surface area contributed by atoms with Crippen molar-refractivity contribution in [3.63, 3.8) is 0 Å². The van der Waals surface area contributed by atoms with Gasteiger partial charge in [-0.3, -0.25) is 4.79 Å². The molecule has 0 bridgehead atoms. The van der Waals surface area contributed by atoms with Crippen molar-refractivity contribution in [3.05, 3.63) is 64.2 Å². The van der Waals surface area contributed by atoms with E-state index in [1.165, 1.54) is 5.56 Å². The summed E-state index contributed by atoms with van der Waals surface area (Å²) in [5.74, 6) is 0.465. The van der Waals surface area contributed by atoms with Crippen LogP contribution in [0.2, 0.25) is 0 Å². The van der Waals surface area contributed by atoms with Gasteiger partial charge in [0, 0.05) is 11.1 Å². The van der Waals surface area contributed by atoms with Crippen LogP contribution >= 0.6 is 0 Å². The molecule has 2 aromatic carbocycles. The molecule has 0 aliphatic rings. The molecule has 114 valence electrons. The lowest BCUT2D eigenvalue weighted by Gasteiger charge is -2.06. The third kappa shape index (κ3) is 3.73. The number of methoxy groups -OCH3 is 1. The highest BCUT2D eigenvalue weighted by Gasteiger charge is 2.05. The Balaban J connectivity index is 2.07. The Morgan fingerprint density at radius 3 is 2.23 bits per heavy atom. The van der Waals surface area contributed by atoms with Gasteiger partial charge in [0.2, 0.25) is 0 Å². The molecule has 0 atom stereocenters. The molecule has 22 heavy (non-hydrogen) atoms. The van der Waals surface area contributed by atoms with Gasteiger partial charge < -0.3 is 4.74 Å². The molecule has 0 aromatic heterocycles. The van der Waals surface area contributed by atoms with Crippen LogP contribution < -0.4 is 10.2 Å². The van der Waals surface area contributed by atoms with Gasteiger partial charge in [0.15, 0.2) is 0 Å². The van der Waals surface area contributed by atoms with Gasteiger partial charge >= 0.3 is 0 Å². The number of hydrogen-bond acceptors (Lipinski definition) is 3. The third-order valence-electron chi connectivity index (χ3n) is 3.45. The molecule has 0 saturated carbocycles. The van der Waals surface area contributed by atoms with Crippen LogP contribution in [-0.2, 0) is 0 Å². The Morgan fingerprint density at radius 2 is 1.68 bits per heavy atom. The molecule has 4 heteroatoms. The monoisotopic (exact) mass is 296 g/mol. The summed E-state index contributed by atoms with van der Waals surface area (Å²) >= 11 is 0. The normalized spacial score (nSPS) is 10.7. The number of nitrogens with one attached hydrogen (secondary N) is 1. The van der Waals surface area contributed by atoms with Crippen LogP contribution in [-0.4, -0.2) is 19.2 Å². The SMILES string of the molecule is COc1ccc(C(=O)N/N=C\c2c(C)cc(C)cc2C)cc1. The quantitative estimate of drug-likeness (QED) is 0.694. The van der Waals surface area contributed by atoms with Crippen molar-refractivity contribution in [2.75, 3.05) is 7.11 Å². The number of hydrazone groups is 1. The van der Waals surface area contributed by atoms with Gasteiger partial charge in [-0.2, -0.15) is 5.10 Å². The summed E-state index contributed by atoms with van der Waals surface area (Å²) < 4.78 is 5.06. The van der Waals surface area contributed by atoms with E-state index in [1.54, 1.807) is 37.6 Å². The summed E-state index contributed by atoms with van der Waals surface area (Å²) in [4.78, 5) is 12.0. The molecular formula is C18H20N2O2. The van der Waals surface area contributed by atoms with E-state index in [2.05, 4.69) is 29.6 Å². The molecule has 0 aliphatic heterocycles. The topological polar surface area (TPSA) is 50.7 Å². The number of rotatable bonds is 4. The highest BCUT2D eigenvalue weighted by atomic mass is 16.5. The summed E-state index contributed by atoms with van der Waals surface area (Å²) in [7, 11) is 1.59. The summed E-state index contributed by atoms with van der Waals surface area (Å²) in [6.07, 6.45) is 1.69. The maximum absolute atomic E-state index is 12.0. The molecule has 0 fully saturated rings. The van der Waals surface area contributed by atoms with Crippen LogP contribution in [0.5, 0.6) is 5.75 Å². The molecule has 0 heterocycles. The Labute approximate surface area is 130 Å². The average Bonchev–Trinajstić information content (AvgIpc) is 2.49. The molecule has 2 aromatic rings. The highest BCUT2D eigenvalue weighted by Crippen LogP contribution is 2.14. The summed E-state index contributed by atoms with van der Waals surface area (Å²) in [6, 6.07) is 11.1. The van der Waals surface area contributed by atoms with Gasteiger partial charge in [-0.25, -0.2) is 5.43 Å². The highest BCUT2D eigenvalue weighted by molar-refractivity contribution is 5.95. The zero-order chi connectivity index (χ0) is 16.1. The van der Waals surface area contributed by atoms with Crippen molar-refractivity contribution < 1.29 is 9.53 Å². The smallest absolute Gasteiger partial charge is 0.271 e. The average molecular weight is 296 g/mol. The van der Waals surface area contributed by atoms with E-state index < -0.39 is 0 Å². The van der Waals surface area contributed by atoms with Gasteiger partial charge in [0.1, 0.15) is 5.75 Å². The van der Waals surface area contributed by atoms with E-state index in [0.29, 0.717) is 11.3 Å². The van der Waals surface area contributed by atoms with E-state index in [4.69, 9.17) is 4.74 Å². The maximum Gasteiger partial charge on any atom is 0.271 e. The number of amides is 1. The lowest BCUT2D eigenvalue weighted by Crippen LogP contribution is -2.17. The van der Waals surface area contributed by atoms with Gasteiger partial charge in [0.25, 0.3) is 5.91 Å². The van der Waals surface area contributed by atoms with Gasteiger partial charge in [-0.05, 0) is 56.2 Å². The second-order valence-corrected chi connectivity index (χ2v) is 5.24. The van der Waals surface area contributed by atoms with E-state index in [-0.39, 0.29) is 5.91 Å². The van der Waals surface area contributed by atoms with Crippen LogP contribution in [0.4, 0.5) is 0 Å². The van der Waals surface area contributed by atoms with Crippen molar-refractivity contribution >= 4 is 12.1 Å². The second-order valence-electron chi connectivity index (χ2n) is 5.24. The standard InChI is InChI=1S/C18H20N2O2/c1-12-9-13(2)17(14(3)10-12)11-19-20-18(21)15-5-7-16(22-4)8-6-15/h5-11H,1-4H3,(H,20,21)/b19-11-. The minimum absolute atomic E-state index is 0.249. The molecule has 0 unspecified atom stereocenters. The van der Waals surface area contributed by atoms with Crippen LogP contribution in [0.15, 0.2) is 41.5 Å². The first kappa shape index (κ1) is 15.8. The number of hydrogen-bond donors (Lipinski definition) is 1. The summed E-state index contributed by atoms with van der Waals surface area (Å²) in [5.41, 5.74) is 7.60. The predicted octanol–water partition coefficient (Wildman–Crippen LogP) is 3.38. The van der Waals surface area contributed by atoms with Gasteiger partial charge in [-0.15, -0.1) is 0 Å². The van der Waals surface area contributed by atoms with Gasteiger partial charge in [0.05, 0.1) is 13.3 Å². The van der Waals surface area contributed by atoms with E-state index in [1.807, 2.05) is 13.8 Å². The first-order valence-electron chi connectivity index (χ1n) is 7.06. The van der Waals surface area contributed by atoms with Crippen molar-refractivity contribution in [2.45, 2.75) is 20.8 Å². The van der Waals surface area contributed by atoms with Crippen molar-refractivity contribution in [1.82, 2.24) is 5.43 Å². The minimum Gasteiger partial charge on any atom is -0.497 e. The molecule has 2 rings (SSSR count). The fourth-order valence-corrected chi connectivity index (χ4v) is 2.36. The molecular weight excluding hydrogens is 276 g/mol. The Morgan fingerprint density at radius 1 is 1.09 bits per heavy atom. The lowest BCUT2D eigenvalue weighted by molar-refractivity contribution is 0.0955. The number of carbonyl (C=O) groups is 1. The predicted molar refractivity (Wildman–Crippen MR) is 88.7 cm³/mol. The zero-order valence-electron chi connectivity index (χ0n) is 13.3. The lowest BCUT2D eigenvalue weighted by atomic mass is 10.0. The van der Waals surface area contributed by atoms with Crippen molar-refractivity contribution in [2.24, 2.45) is 5.10 Å². The van der Waals surface area contributed by atoms with Crippen molar-refractivity contribution in [3.8, 4) is 5.75 Å². The van der Waals surface area contributed by atoms with E-state index >= 15 is 0 Å². The number of nitrogens with zero attached hydrogens (tertiary/aromatic N) is 1. The van der Waals surface area contributed by atoms with Crippen LogP contribution in [0.1, 0.15) is 32.6 Å². The fraction of sp³-hybridized carbons (Fsp3) is 0.222. The van der Waals surface area contributed by atoms with Crippen LogP contribution in [0, 0.1) is 20.8 Å². The molecule has 0 aliphatic carbocycles. The maximum atomic E-state index is 12.0.